The second-order valence-electron chi connectivity index (χ2n) is 14.1. The van der Waals surface area contributed by atoms with E-state index in [4.69, 9.17) is 9.97 Å². The number of nitrogens with zero attached hydrogens (tertiary/aromatic N) is 4. The van der Waals surface area contributed by atoms with Crippen molar-refractivity contribution in [3.05, 3.63) is 158 Å². The summed E-state index contributed by atoms with van der Waals surface area (Å²) in [6, 6.07) is 57.2. The van der Waals surface area contributed by atoms with Crippen LogP contribution in [0.1, 0.15) is 0 Å². The number of rotatable bonds is 2. The topological polar surface area (TPSA) is 35.1 Å². The van der Waals surface area contributed by atoms with E-state index in [9.17, 15) is 0 Å². The molecule has 0 radical (unpaired) electrons. The van der Waals surface area contributed by atoms with E-state index in [0.717, 1.165) is 49.9 Å². The van der Waals surface area contributed by atoms with Crippen LogP contribution in [0, 0.1) is 0 Å². The van der Waals surface area contributed by atoms with Crippen LogP contribution in [0.5, 0.6) is 0 Å². The number of hydrogen-bond donors (Lipinski definition) is 0. The lowest BCUT2D eigenvalue weighted by molar-refractivity contribution is 1.08. The SMILES string of the molecule is c1ccc(-c2nc3c(ccc4ccccc43)nc2-n2c3cccc4c5cccc6c7ccc8sc9ccccc9c8c7n(c7cccc2c7c43)c56)cc1. The molecule has 13 aromatic rings. The van der Waals surface area contributed by atoms with Gasteiger partial charge in [0, 0.05) is 58.1 Å². The molecule has 8 aromatic carbocycles. The van der Waals surface area contributed by atoms with Crippen LogP contribution < -0.4 is 0 Å². The monoisotopic (exact) mass is 690 g/mol. The maximum absolute atomic E-state index is 5.53. The minimum atomic E-state index is 0.830. The molecule has 0 aliphatic rings. The zero-order valence-electron chi connectivity index (χ0n) is 28.2. The lowest BCUT2D eigenvalue weighted by Crippen LogP contribution is -2.04. The number of hydrogen-bond acceptors (Lipinski definition) is 3. The molecule has 0 amide bonds. The molecule has 244 valence electrons. The summed E-state index contributed by atoms with van der Waals surface area (Å²) in [4.78, 5) is 11.0. The van der Waals surface area contributed by atoms with Crippen LogP contribution in [0.25, 0.3) is 119 Å². The third-order valence-corrected chi connectivity index (χ3v) is 12.6. The fourth-order valence-electron chi connectivity index (χ4n) is 9.27. The summed E-state index contributed by atoms with van der Waals surface area (Å²) in [5.41, 5.74) is 9.64. The van der Waals surface area contributed by atoms with E-state index in [1.54, 1.807) is 0 Å². The van der Waals surface area contributed by atoms with Gasteiger partial charge in [-0.05, 0) is 47.2 Å². The van der Waals surface area contributed by atoms with Crippen molar-refractivity contribution in [1.29, 1.82) is 0 Å². The van der Waals surface area contributed by atoms with Crippen molar-refractivity contribution in [1.82, 2.24) is 18.9 Å². The van der Waals surface area contributed by atoms with E-state index in [1.807, 2.05) is 11.3 Å². The fourth-order valence-corrected chi connectivity index (χ4v) is 10.4. The third kappa shape index (κ3) is 3.50. The molecule has 5 heterocycles. The maximum atomic E-state index is 5.53. The standard InChI is InChI=1S/C48H26N4S/c1-2-12-28(13-3-1)44-48(49-35-25-23-27-11-4-5-14-29(27)45(35)50-44)51-36-19-9-16-30-31-17-8-18-32-33-24-26-40-42(34-15-6-7-22-39(34)53-40)47(33)52(46(31)32)38-21-10-20-37(51)43(38)41(30)36/h1-26H. The molecule has 5 heteroatoms. The molecule has 0 saturated heterocycles. The van der Waals surface area contributed by atoms with Gasteiger partial charge in [-0.25, -0.2) is 9.97 Å². The van der Waals surface area contributed by atoms with Gasteiger partial charge in [-0.3, -0.25) is 4.57 Å². The molecule has 0 saturated carbocycles. The number of thiophene rings is 1. The van der Waals surface area contributed by atoms with Gasteiger partial charge in [0.25, 0.3) is 0 Å². The van der Waals surface area contributed by atoms with Crippen LogP contribution in [-0.4, -0.2) is 18.9 Å². The molecular weight excluding hydrogens is 665 g/mol. The normalized spacial score (nSPS) is 12.5. The summed E-state index contributed by atoms with van der Waals surface area (Å²) in [7, 11) is 0. The zero-order valence-corrected chi connectivity index (χ0v) is 29.0. The second kappa shape index (κ2) is 9.94. The van der Waals surface area contributed by atoms with Crippen molar-refractivity contribution in [3.63, 3.8) is 0 Å². The summed E-state index contributed by atoms with van der Waals surface area (Å²) >= 11 is 1.88. The van der Waals surface area contributed by atoms with E-state index < -0.39 is 0 Å². The summed E-state index contributed by atoms with van der Waals surface area (Å²) in [5, 5.41) is 12.4. The number of aromatic nitrogens is 4. The minimum absolute atomic E-state index is 0.830. The molecule has 0 unspecified atom stereocenters. The van der Waals surface area contributed by atoms with Gasteiger partial charge in [-0.15, -0.1) is 11.3 Å². The van der Waals surface area contributed by atoms with E-state index in [1.165, 1.54) is 69.0 Å². The first-order valence-corrected chi connectivity index (χ1v) is 18.8. The number of para-hydroxylation sites is 1. The highest BCUT2D eigenvalue weighted by molar-refractivity contribution is 7.26. The van der Waals surface area contributed by atoms with Gasteiger partial charge in [0.15, 0.2) is 5.82 Å². The number of benzene rings is 8. The summed E-state index contributed by atoms with van der Waals surface area (Å²) < 4.78 is 7.56. The molecule has 5 aromatic heterocycles. The molecule has 0 fully saturated rings. The summed E-state index contributed by atoms with van der Waals surface area (Å²) in [6.07, 6.45) is 0. The van der Waals surface area contributed by atoms with Gasteiger partial charge in [0.2, 0.25) is 0 Å². The first kappa shape index (κ1) is 27.8. The third-order valence-electron chi connectivity index (χ3n) is 11.4. The summed E-state index contributed by atoms with van der Waals surface area (Å²) in [5.74, 6) is 0.830. The lowest BCUT2D eigenvalue weighted by atomic mass is 10.0. The Morgan fingerprint density at radius 2 is 1.09 bits per heavy atom. The highest BCUT2D eigenvalue weighted by Gasteiger charge is 2.25. The quantitative estimate of drug-likeness (QED) is 0.169. The Morgan fingerprint density at radius 3 is 2.00 bits per heavy atom. The Kier molecular flexibility index (Phi) is 5.22. The Bertz CT molecular complexity index is 3680. The van der Waals surface area contributed by atoms with Crippen molar-refractivity contribution in [3.8, 4) is 17.1 Å². The average molecular weight is 691 g/mol. The molecule has 0 aliphatic carbocycles. The molecule has 0 spiro atoms. The van der Waals surface area contributed by atoms with Gasteiger partial charge >= 0.3 is 0 Å². The van der Waals surface area contributed by atoms with Crippen LogP contribution in [-0.2, 0) is 0 Å². The molecule has 4 nitrogen and oxygen atoms in total. The zero-order chi connectivity index (χ0) is 34.4. The van der Waals surface area contributed by atoms with Crippen LogP contribution >= 0.6 is 11.3 Å². The van der Waals surface area contributed by atoms with Crippen molar-refractivity contribution < 1.29 is 0 Å². The molecular formula is C48H26N4S. The molecule has 13 rings (SSSR count). The molecule has 0 N–H and O–H groups in total. The molecule has 0 bridgehead atoms. The van der Waals surface area contributed by atoms with Crippen molar-refractivity contribution in [2.24, 2.45) is 0 Å². The van der Waals surface area contributed by atoms with Crippen molar-refractivity contribution in [2.45, 2.75) is 0 Å². The van der Waals surface area contributed by atoms with Crippen molar-refractivity contribution >= 4 is 113 Å². The van der Waals surface area contributed by atoms with Gasteiger partial charge in [-0.1, -0.05) is 121 Å². The van der Waals surface area contributed by atoms with Crippen molar-refractivity contribution in [2.75, 3.05) is 0 Å². The largest absolute Gasteiger partial charge is 0.307 e. The second-order valence-corrected chi connectivity index (χ2v) is 15.2. The number of fused-ring (bicyclic) bond motifs is 12. The Morgan fingerprint density at radius 1 is 0.415 bits per heavy atom. The highest BCUT2D eigenvalue weighted by atomic mass is 32.1. The predicted octanol–water partition coefficient (Wildman–Crippen LogP) is 13.1. The minimum Gasteiger partial charge on any atom is -0.307 e. The molecule has 53 heavy (non-hydrogen) atoms. The van der Waals surface area contributed by atoms with E-state index >= 15 is 0 Å². The van der Waals surface area contributed by atoms with E-state index in [2.05, 4.69) is 167 Å². The van der Waals surface area contributed by atoms with Gasteiger partial charge in [0.05, 0.1) is 38.6 Å². The predicted molar refractivity (Wildman–Crippen MR) is 224 cm³/mol. The van der Waals surface area contributed by atoms with Gasteiger partial charge < -0.3 is 4.40 Å². The highest BCUT2D eigenvalue weighted by Crippen LogP contribution is 2.47. The Balaban J connectivity index is 1.27. The Hall–Kier alpha value is -6.82. The maximum Gasteiger partial charge on any atom is 0.165 e. The smallest absolute Gasteiger partial charge is 0.165 e. The van der Waals surface area contributed by atoms with E-state index in [0.29, 0.717) is 0 Å². The molecule has 0 atom stereocenters. The average Bonchev–Trinajstić information content (AvgIpc) is 3.85. The van der Waals surface area contributed by atoms with Crippen LogP contribution in [0.15, 0.2) is 158 Å². The fraction of sp³-hybridized carbons (Fsp3) is 0. The summed E-state index contributed by atoms with van der Waals surface area (Å²) in [6.45, 7) is 0. The first-order valence-electron chi connectivity index (χ1n) is 18.0. The van der Waals surface area contributed by atoms with Gasteiger partial charge in [-0.2, -0.15) is 0 Å². The van der Waals surface area contributed by atoms with Crippen LogP contribution in [0.3, 0.4) is 0 Å². The van der Waals surface area contributed by atoms with Crippen LogP contribution in [0.2, 0.25) is 0 Å². The van der Waals surface area contributed by atoms with Gasteiger partial charge in [0.1, 0.15) is 5.69 Å². The lowest BCUT2D eigenvalue weighted by Gasteiger charge is -2.15. The Labute approximate surface area is 305 Å². The first-order chi connectivity index (χ1) is 26.3. The van der Waals surface area contributed by atoms with E-state index in [-0.39, 0.29) is 0 Å². The van der Waals surface area contributed by atoms with Crippen LogP contribution in [0.4, 0.5) is 0 Å². The molecule has 0 aliphatic heterocycles.